The Morgan fingerprint density at radius 1 is 1.37 bits per heavy atom. The van der Waals surface area contributed by atoms with Gasteiger partial charge >= 0.3 is 0 Å². The van der Waals surface area contributed by atoms with E-state index in [0.717, 1.165) is 17.7 Å². The fraction of sp³-hybridized carbons (Fsp3) is 0.167. The van der Waals surface area contributed by atoms with Gasteiger partial charge < -0.3 is 4.42 Å². The molecule has 0 amide bonds. The summed E-state index contributed by atoms with van der Waals surface area (Å²) < 4.78 is 43.9. The lowest BCUT2D eigenvalue weighted by atomic mass is 10.3. The van der Waals surface area contributed by atoms with Crippen molar-refractivity contribution in [2.75, 3.05) is 7.05 Å². The van der Waals surface area contributed by atoms with Gasteiger partial charge in [0.05, 0.1) is 17.4 Å². The average Bonchev–Trinajstić information content (AvgIpc) is 2.81. The van der Waals surface area contributed by atoms with Crippen molar-refractivity contribution in [3.63, 3.8) is 0 Å². The van der Waals surface area contributed by atoms with Crippen molar-refractivity contribution >= 4 is 26.0 Å². The van der Waals surface area contributed by atoms with Crippen molar-refractivity contribution in [2.24, 2.45) is 0 Å². The molecular weight excluding hydrogens is 337 g/mol. The van der Waals surface area contributed by atoms with Crippen molar-refractivity contribution in [2.45, 2.75) is 11.4 Å². The van der Waals surface area contributed by atoms with Crippen molar-refractivity contribution in [1.29, 1.82) is 0 Å². The molecule has 0 radical (unpaired) electrons. The average molecular weight is 348 g/mol. The van der Waals surface area contributed by atoms with Gasteiger partial charge in [0, 0.05) is 23.6 Å². The molecule has 1 aromatic heterocycles. The SMILES string of the molecule is CN(Cc1ccoc1)S(=O)(=O)c1ccc(F)cc1Br. The third-order valence-electron chi connectivity index (χ3n) is 2.57. The molecule has 0 aliphatic carbocycles. The predicted molar refractivity (Wildman–Crippen MR) is 71.5 cm³/mol. The molecule has 0 saturated heterocycles. The Balaban J connectivity index is 2.31. The lowest BCUT2D eigenvalue weighted by Gasteiger charge is -2.17. The molecule has 1 heterocycles. The van der Waals surface area contributed by atoms with Gasteiger partial charge in [-0.3, -0.25) is 0 Å². The van der Waals surface area contributed by atoms with E-state index in [0.29, 0.717) is 0 Å². The molecule has 1 aromatic carbocycles. The summed E-state index contributed by atoms with van der Waals surface area (Å²) in [6.45, 7) is 0.183. The van der Waals surface area contributed by atoms with Crippen LogP contribution in [0.25, 0.3) is 0 Å². The van der Waals surface area contributed by atoms with Crippen LogP contribution in [0.5, 0.6) is 0 Å². The summed E-state index contributed by atoms with van der Waals surface area (Å²) in [5, 5.41) is 0. The number of benzene rings is 1. The highest BCUT2D eigenvalue weighted by molar-refractivity contribution is 9.10. The largest absolute Gasteiger partial charge is 0.472 e. The molecule has 0 N–H and O–H groups in total. The van der Waals surface area contributed by atoms with Gasteiger partial charge in [-0.2, -0.15) is 4.31 Å². The summed E-state index contributed by atoms with van der Waals surface area (Å²) in [6.07, 6.45) is 2.95. The van der Waals surface area contributed by atoms with Crippen LogP contribution in [-0.4, -0.2) is 19.8 Å². The number of nitrogens with zero attached hydrogens (tertiary/aromatic N) is 1. The van der Waals surface area contributed by atoms with Gasteiger partial charge in [0.25, 0.3) is 0 Å². The molecule has 0 aliphatic rings. The fourth-order valence-electron chi connectivity index (χ4n) is 1.58. The molecule has 102 valence electrons. The zero-order chi connectivity index (χ0) is 14.0. The smallest absolute Gasteiger partial charge is 0.244 e. The quantitative estimate of drug-likeness (QED) is 0.854. The minimum absolute atomic E-state index is 0.0277. The molecule has 0 unspecified atom stereocenters. The van der Waals surface area contributed by atoms with Gasteiger partial charge in [0.1, 0.15) is 5.82 Å². The standard InChI is InChI=1S/C12H11BrFNO3S/c1-15(7-9-4-5-18-8-9)19(16,17)12-3-2-10(14)6-11(12)13/h2-6,8H,7H2,1H3. The van der Waals surface area contributed by atoms with Crippen LogP contribution in [0.15, 0.2) is 50.6 Å². The Labute approximate surface area is 119 Å². The van der Waals surface area contributed by atoms with Crippen LogP contribution < -0.4 is 0 Å². The van der Waals surface area contributed by atoms with Crippen LogP contribution in [0.4, 0.5) is 4.39 Å². The van der Waals surface area contributed by atoms with Crippen LogP contribution in [0.1, 0.15) is 5.56 Å². The molecule has 0 fully saturated rings. The summed E-state index contributed by atoms with van der Waals surface area (Å²) >= 11 is 3.06. The van der Waals surface area contributed by atoms with E-state index in [1.54, 1.807) is 6.07 Å². The first-order valence-corrected chi connectivity index (χ1v) is 7.57. The normalized spacial score (nSPS) is 12.0. The minimum atomic E-state index is -3.68. The molecule has 4 nitrogen and oxygen atoms in total. The maximum Gasteiger partial charge on any atom is 0.244 e. The second-order valence-electron chi connectivity index (χ2n) is 3.97. The summed E-state index contributed by atoms with van der Waals surface area (Å²) in [7, 11) is -2.23. The molecule has 19 heavy (non-hydrogen) atoms. The van der Waals surface area contributed by atoms with E-state index in [1.807, 2.05) is 0 Å². The van der Waals surface area contributed by atoms with Gasteiger partial charge in [0.2, 0.25) is 10.0 Å². The van der Waals surface area contributed by atoms with E-state index in [-0.39, 0.29) is 15.9 Å². The number of hydrogen-bond donors (Lipinski definition) is 0. The van der Waals surface area contributed by atoms with E-state index < -0.39 is 15.8 Å². The maximum absolute atomic E-state index is 13.0. The van der Waals surface area contributed by atoms with Gasteiger partial charge in [-0.1, -0.05) is 0 Å². The molecule has 0 bridgehead atoms. The highest BCUT2D eigenvalue weighted by atomic mass is 79.9. The number of hydrogen-bond acceptors (Lipinski definition) is 3. The van der Waals surface area contributed by atoms with Gasteiger partial charge in [-0.15, -0.1) is 0 Å². The first kappa shape index (κ1) is 14.2. The Hall–Kier alpha value is -1.18. The van der Waals surface area contributed by atoms with Crippen molar-refractivity contribution in [3.05, 3.63) is 52.6 Å². The Kier molecular flexibility index (Phi) is 4.07. The Morgan fingerprint density at radius 2 is 2.11 bits per heavy atom. The highest BCUT2D eigenvalue weighted by Gasteiger charge is 2.23. The molecule has 0 spiro atoms. The molecule has 0 atom stereocenters. The topological polar surface area (TPSA) is 50.5 Å². The van der Waals surface area contributed by atoms with E-state index in [4.69, 9.17) is 4.42 Å². The van der Waals surface area contributed by atoms with Crippen LogP contribution in [-0.2, 0) is 16.6 Å². The Bertz CT molecular complexity index is 670. The fourth-order valence-corrected chi connectivity index (χ4v) is 3.74. The summed E-state index contributed by atoms with van der Waals surface area (Å²) in [5.41, 5.74) is 0.740. The van der Waals surface area contributed by atoms with Crippen molar-refractivity contribution in [3.8, 4) is 0 Å². The van der Waals surface area contributed by atoms with E-state index in [1.165, 1.54) is 29.9 Å². The zero-order valence-corrected chi connectivity index (χ0v) is 12.4. The Morgan fingerprint density at radius 3 is 2.68 bits per heavy atom. The number of furan rings is 1. The lowest BCUT2D eigenvalue weighted by Crippen LogP contribution is -2.26. The van der Waals surface area contributed by atoms with Crippen LogP contribution in [0.2, 0.25) is 0 Å². The molecule has 2 aromatic rings. The maximum atomic E-state index is 13.0. The number of halogens is 2. The first-order valence-electron chi connectivity index (χ1n) is 5.34. The van der Waals surface area contributed by atoms with Crippen molar-refractivity contribution in [1.82, 2.24) is 4.31 Å². The summed E-state index contributed by atoms with van der Waals surface area (Å²) in [6, 6.07) is 5.16. The summed E-state index contributed by atoms with van der Waals surface area (Å²) in [5.74, 6) is -0.497. The van der Waals surface area contributed by atoms with Crippen LogP contribution >= 0.6 is 15.9 Å². The molecule has 2 rings (SSSR count). The van der Waals surface area contributed by atoms with Crippen molar-refractivity contribution < 1.29 is 17.2 Å². The van der Waals surface area contributed by atoms with Gasteiger partial charge in [-0.25, -0.2) is 12.8 Å². The first-order chi connectivity index (χ1) is 8.91. The van der Waals surface area contributed by atoms with Gasteiger partial charge in [-0.05, 0) is 40.2 Å². The van der Waals surface area contributed by atoms with Gasteiger partial charge in [0.15, 0.2) is 0 Å². The van der Waals surface area contributed by atoms with Crippen LogP contribution in [0, 0.1) is 5.82 Å². The monoisotopic (exact) mass is 347 g/mol. The summed E-state index contributed by atoms with van der Waals surface area (Å²) in [4.78, 5) is 0.0277. The third kappa shape index (κ3) is 3.05. The van der Waals surface area contributed by atoms with E-state index in [9.17, 15) is 12.8 Å². The second-order valence-corrected chi connectivity index (χ2v) is 6.84. The molecule has 0 saturated carbocycles. The number of rotatable bonds is 4. The number of sulfonamides is 1. The molecule has 7 heteroatoms. The van der Waals surface area contributed by atoms with E-state index in [2.05, 4.69) is 15.9 Å². The minimum Gasteiger partial charge on any atom is -0.472 e. The molecular formula is C12H11BrFNO3S. The zero-order valence-electron chi connectivity index (χ0n) is 10.0. The second kappa shape index (κ2) is 5.44. The van der Waals surface area contributed by atoms with Crippen LogP contribution in [0.3, 0.4) is 0 Å². The highest BCUT2D eigenvalue weighted by Crippen LogP contribution is 2.26. The predicted octanol–water partition coefficient (Wildman–Crippen LogP) is 3.00. The third-order valence-corrected chi connectivity index (χ3v) is 5.35. The lowest BCUT2D eigenvalue weighted by molar-refractivity contribution is 0.462. The molecule has 0 aliphatic heterocycles. The van der Waals surface area contributed by atoms with E-state index >= 15 is 0 Å².